The molecule has 0 spiro atoms. The number of aromatic nitrogens is 1. The number of aliphatic carboxylic acids is 1. The van der Waals surface area contributed by atoms with Crippen molar-refractivity contribution in [3.05, 3.63) is 76.0 Å². The van der Waals surface area contributed by atoms with Gasteiger partial charge in [0.15, 0.2) is 34.4 Å². The smallest absolute Gasteiger partial charge is 0.341 e. The minimum absolute atomic E-state index is 0.149. The number of thiazole rings is 1. The Kier molecular flexibility index (Phi) is 9.93. The maximum atomic E-state index is 14.1. The molecule has 0 bridgehead atoms. The zero-order valence-corrected chi connectivity index (χ0v) is 26.5. The Labute approximate surface area is 258 Å². The molecule has 2 heterocycles. The van der Waals surface area contributed by atoms with Crippen LogP contribution in [-0.2, 0) is 14.3 Å². The molecule has 0 fully saturated rings. The number of carbonyl (C=O) groups excluding carboxylic acids is 1. The summed E-state index contributed by atoms with van der Waals surface area (Å²) in [4.78, 5) is 43.4. The van der Waals surface area contributed by atoms with Crippen LogP contribution in [0, 0.1) is 3.57 Å². The summed E-state index contributed by atoms with van der Waals surface area (Å²) < 4.78 is 30.2. The van der Waals surface area contributed by atoms with Crippen LogP contribution in [0.2, 0.25) is 0 Å². The summed E-state index contributed by atoms with van der Waals surface area (Å²) in [5, 5.41) is 9.00. The van der Waals surface area contributed by atoms with Crippen LogP contribution in [0.1, 0.15) is 37.9 Å². The number of allylic oxidation sites excluding steroid dienone is 1. The van der Waals surface area contributed by atoms with E-state index in [0.29, 0.717) is 53.6 Å². The molecule has 0 saturated heterocycles. The Morgan fingerprint density at radius 2 is 1.83 bits per heavy atom. The Balaban J connectivity index is 1.95. The largest absolute Gasteiger partial charge is 0.493 e. The van der Waals surface area contributed by atoms with Gasteiger partial charge in [-0.05, 0) is 73.2 Å². The average molecular weight is 709 g/mol. The van der Waals surface area contributed by atoms with E-state index in [9.17, 15) is 14.4 Å². The van der Waals surface area contributed by atoms with Gasteiger partial charge < -0.3 is 28.8 Å². The summed E-state index contributed by atoms with van der Waals surface area (Å²) in [7, 11) is 2.97. The second kappa shape index (κ2) is 13.4. The summed E-state index contributed by atoms with van der Waals surface area (Å²) in [5.41, 5.74) is 1.45. The van der Waals surface area contributed by atoms with Crippen LogP contribution < -0.4 is 33.8 Å². The Bertz CT molecular complexity index is 1740. The number of rotatable bonds is 11. The van der Waals surface area contributed by atoms with Crippen molar-refractivity contribution in [2.24, 2.45) is 4.99 Å². The molecule has 0 unspecified atom stereocenters. The highest BCUT2D eigenvalue weighted by Gasteiger charge is 2.36. The SMILES string of the molecule is CCOC(=O)C1=C(C)N=c2s/c(=C/c3cc(I)c(OCC(=O)O)c(OC)c3)c(=O)n2[C@H]1c1cccc(OC)c1OCC. The van der Waals surface area contributed by atoms with Gasteiger partial charge in [-0.1, -0.05) is 23.5 Å². The van der Waals surface area contributed by atoms with Crippen LogP contribution in [0.25, 0.3) is 6.08 Å². The Morgan fingerprint density at radius 1 is 1.10 bits per heavy atom. The lowest BCUT2D eigenvalue weighted by Gasteiger charge is -2.26. The fraction of sp³-hybridized carbons (Fsp3) is 0.310. The number of fused-ring (bicyclic) bond motifs is 1. The number of halogens is 1. The number of nitrogens with zero attached hydrogens (tertiary/aromatic N) is 2. The molecule has 1 aliphatic rings. The zero-order chi connectivity index (χ0) is 30.6. The third-order valence-corrected chi connectivity index (χ3v) is 8.00. The lowest BCUT2D eigenvalue weighted by molar-refractivity contribution is -0.140. The van der Waals surface area contributed by atoms with Crippen LogP contribution in [-0.4, -0.2) is 55.7 Å². The van der Waals surface area contributed by atoms with Crippen molar-refractivity contribution in [1.29, 1.82) is 0 Å². The minimum Gasteiger partial charge on any atom is -0.493 e. The van der Waals surface area contributed by atoms with Crippen molar-refractivity contribution in [2.75, 3.05) is 34.0 Å². The number of carbonyl (C=O) groups is 2. The lowest BCUT2D eigenvalue weighted by Crippen LogP contribution is -2.40. The second-order valence-corrected chi connectivity index (χ2v) is 11.0. The monoisotopic (exact) mass is 708 g/mol. The third-order valence-electron chi connectivity index (χ3n) is 6.22. The van der Waals surface area contributed by atoms with E-state index in [1.165, 1.54) is 30.1 Å². The first-order chi connectivity index (χ1) is 20.1. The molecule has 4 rings (SSSR count). The van der Waals surface area contributed by atoms with E-state index in [1.807, 2.05) is 29.5 Å². The Morgan fingerprint density at radius 3 is 2.48 bits per heavy atom. The molecule has 13 heteroatoms. The van der Waals surface area contributed by atoms with Gasteiger partial charge in [0.05, 0.1) is 46.8 Å². The maximum absolute atomic E-state index is 14.1. The molecule has 1 aromatic heterocycles. The first-order valence-corrected chi connectivity index (χ1v) is 14.8. The Hall–Kier alpha value is -3.85. The van der Waals surface area contributed by atoms with E-state index < -0.39 is 24.6 Å². The summed E-state index contributed by atoms with van der Waals surface area (Å²) in [6, 6.07) is 7.82. The highest BCUT2D eigenvalue weighted by molar-refractivity contribution is 14.1. The molecular formula is C29H29IN2O9S. The van der Waals surface area contributed by atoms with Gasteiger partial charge in [-0.3, -0.25) is 9.36 Å². The molecule has 3 aromatic rings. The minimum atomic E-state index is -1.12. The molecule has 1 aliphatic heterocycles. The molecule has 0 amide bonds. The van der Waals surface area contributed by atoms with Crippen molar-refractivity contribution in [3.63, 3.8) is 0 Å². The van der Waals surface area contributed by atoms with Crippen molar-refractivity contribution >= 4 is 51.9 Å². The van der Waals surface area contributed by atoms with E-state index in [2.05, 4.69) is 4.99 Å². The van der Waals surface area contributed by atoms with Crippen LogP contribution in [0.4, 0.5) is 0 Å². The zero-order valence-electron chi connectivity index (χ0n) is 23.6. The molecule has 222 valence electrons. The lowest BCUT2D eigenvalue weighted by atomic mass is 9.94. The molecule has 0 radical (unpaired) electrons. The van der Waals surface area contributed by atoms with Gasteiger partial charge in [-0.25, -0.2) is 14.6 Å². The fourth-order valence-corrected chi connectivity index (χ4v) is 6.37. The number of para-hydroxylation sites is 1. The number of hydrogen-bond donors (Lipinski definition) is 1. The van der Waals surface area contributed by atoms with E-state index >= 15 is 0 Å². The number of methoxy groups -OCH3 is 2. The van der Waals surface area contributed by atoms with Crippen LogP contribution in [0.15, 0.2) is 51.4 Å². The van der Waals surface area contributed by atoms with Crippen molar-refractivity contribution in [3.8, 4) is 23.0 Å². The first kappa shape index (κ1) is 31.1. The fourth-order valence-electron chi connectivity index (χ4n) is 4.54. The highest BCUT2D eigenvalue weighted by Crippen LogP contribution is 2.41. The number of carboxylic acids is 1. The van der Waals surface area contributed by atoms with Crippen LogP contribution in [0.3, 0.4) is 0 Å². The standard InChI is InChI=1S/C29H29IN2O9S/c1-6-39-25-17(9-8-10-19(25)37-4)24-23(28(36)40-7-2)15(3)31-29-32(24)27(35)21(42-29)13-16-11-18(30)26(20(12-16)38-5)41-14-22(33)34/h8-13,24H,6-7,14H2,1-5H3,(H,33,34)/b21-13+/t24-/m0/s1. The number of benzene rings is 2. The van der Waals surface area contributed by atoms with Crippen molar-refractivity contribution in [1.82, 2.24) is 4.57 Å². The summed E-state index contributed by atoms with van der Waals surface area (Å²) in [6.45, 7) is 5.21. The molecule has 42 heavy (non-hydrogen) atoms. The van der Waals surface area contributed by atoms with Gasteiger partial charge in [0, 0.05) is 5.56 Å². The summed E-state index contributed by atoms with van der Waals surface area (Å²) in [5.74, 6) is -0.224. The van der Waals surface area contributed by atoms with Crippen LogP contribution in [0.5, 0.6) is 23.0 Å². The maximum Gasteiger partial charge on any atom is 0.341 e. The molecule has 1 atom stereocenters. The van der Waals surface area contributed by atoms with Crippen molar-refractivity contribution < 1.29 is 38.4 Å². The average Bonchev–Trinajstić information content (AvgIpc) is 3.25. The van der Waals surface area contributed by atoms with Gasteiger partial charge in [-0.2, -0.15) is 0 Å². The summed E-state index contributed by atoms with van der Waals surface area (Å²) in [6.07, 6.45) is 1.69. The van der Waals surface area contributed by atoms with E-state index in [0.717, 1.165) is 0 Å². The number of carboxylic acid groups (broad SMARTS) is 1. The molecule has 11 nitrogen and oxygen atoms in total. The van der Waals surface area contributed by atoms with Gasteiger partial charge in [-0.15, -0.1) is 0 Å². The van der Waals surface area contributed by atoms with E-state index in [1.54, 1.807) is 50.3 Å². The first-order valence-electron chi connectivity index (χ1n) is 12.9. The number of ether oxygens (including phenoxy) is 5. The molecular weight excluding hydrogens is 679 g/mol. The predicted octanol–water partition coefficient (Wildman–Crippen LogP) is 3.28. The van der Waals surface area contributed by atoms with Crippen LogP contribution >= 0.6 is 33.9 Å². The van der Waals surface area contributed by atoms with Gasteiger partial charge >= 0.3 is 11.9 Å². The second-order valence-electron chi connectivity index (χ2n) is 8.83. The number of esters is 1. The van der Waals surface area contributed by atoms with Crippen molar-refractivity contribution in [2.45, 2.75) is 26.8 Å². The predicted molar refractivity (Wildman–Crippen MR) is 163 cm³/mol. The highest BCUT2D eigenvalue weighted by atomic mass is 127. The molecule has 2 aromatic carbocycles. The van der Waals surface area contributed by atoms with Gasteiger partial charge in [0.25, 0.3) is 5.56 Å². The normalized spacial score (nSPS) is 14.6. The van der Waals surface area contributed by atoms with Gasteiger partial charge in [0.2, 0.25) is 0 Å². The molecule has 1 N–H and O–H groups in total. The van der Waals surface area contributed by atoms with E-state index in [4.69, 9.17) is 28.8 Å². The molecule has 0 aliphatic carbocycles. The third kappa shape index (κ3) is 6.16. The van der Waals surface area contributed by atoms with Gasteiger partial charge in [0.1, 0.15) is 6.04 Å². The topological polar surface area (TPSA) is 135 Å². The molecule has 0 saturated carbocycles. The summed E-state index contributed by atoms with van der Waals surface area (Å²) >= 11 is 3.19. The number of hydrogen-bond acceptors (Lipinski definition) is 10. The van der Waals surface area contributed by atoms with E-state index in [-0.39, 0.29) is 23.5 Å². The quantitative estimate of drug-likeness (QED) is 0.235.